The van der Waals surface area contributed by atoms with Crippen LogP contribution < -0.4 is 4.74 Å². The average molecular weight is 330 g/mol. The van der Waals surface area contributed by atoms with Crippen LogP contribution in [0.1, 0.15) is 22.0 Å². The third kappa shape index (κ3) is 3.19. The van der Waals surface area contributed by atoms with E-state index in [9.17, 15) is 4.79 Å². The molecule has 124 valence electrons. The van der Waals surface area contributed by atoms with Crippen LogP contribution in [-0.4, -0.2) is 19.0 Å². The topological polar surface area (TPSA) is 38.8 Å². The first-order valence-electron chi connectivity index (χ1n) is 8.25. The molecule has 0 radical (unpaired) electrons. The van der Waals surface area contributed by atoms with Gasteiger partial charge in [-0.2, -0.15) is 0 Å². The zero-order chi connectivity index (χ0) is 17.2. The van der Waals surface area contributed by atoms with E-state index >= 15 is 0 Å². The lowest BCUT2D eigenvalue weighted by molar-refractivity contribution is 0.0953. The number of ether oxygens (including phenoxy) is 2. The summed E-state index contributed by atoms with van der Waals surface area (Å²) in [7, 11) is 1.63. The summed E-state index contributed by atoms with van der Waals surface area (Å²) >= 11 is 0. The summed E-state index contributed by atoms with van der Waals surface area (Å²) in [5, 5.41) is 0. The summed E-state index contributed by atoms with van der Waals surface area (Å²) in [5.41, 5.74) is 3.92. The summed E-state index contributed by atoms with van der Waals surface area (Å²) in [6.45, 7) is 0. The van der Waals surface area contributed by atoms with Crippen LogP contribution in [-0.2, 0) is 4.74 Å². The number of hydrogen-bond acceptors (Lipinski definition) is 3. The van der Waals surface area contributed by atoms with Crippen molar-refractivity contribution in [3.8, 4) is 16.9 Å². The van der Waals surface area contributed by atoms with Crippen molar-refractivity contribution in [2.75, 3.05) is 7.11 Å². The molecule has 1 heterocycles. The molecule has 0 amide bonds. The maximum atomic E-state index is 12.6. The minimum absolute atomic E-state index is 0.0282. The van der Waals surface area contributed by atoms with Gasteiger partial charge in [-0.1, -0.05) is 66.7 Å². The molecule has 1 aliphatic rings. The number of carbonyl (C=O) groups excluding carboxylic acids is 1. The van der Waals surface area contributed by atoms with Gasteiger partial charge in [-0.05, 0) is 28.8 Å². The van der Waals surface area contributed by atoms with Crippen molar-refractivity contribution in [2.45, 2.75) is 12.2 Å². The zero-order valence-electron chi connectivity index (χ0n) is 13.9. The number of carbonyl (C=O) groups is 1. The normalized spacial score (nSPS) is 18.6. The van der Waals surface area contributed by atoms with Crippen molar-refractivity contribution in [2.24, 2.45) is 0 Å². The summed E-state index contributed by atoms with van der Waals surface area (Å²) < 4.78 is 10.8. The molecule has 0 saturated carbocycles. The number of methoxy groups -OCH3 is 1. The van der Waals surface area contributed by atoms with Crippen LogP contribution in [0.4, 0.5) is 0 Å². The molecule has 25 heavy (non-hydrogen) atoms. The Morgan fingerprint density at radius 1 is 0.840 bits per heavy atom. The first-order valence-corrected chi connectivity index (χ1v) is 8.25. The molecule has 0 aliphatic carbocycles. The lowest BCUT2D eigenvalue weighted by atomic mass is 9.99. The van der Waals surface area contributed by atoms with Crippen molar-refractivity contribution >= 4 is 5.78 Å². The minimum atomic E-state index is -0.393. The van der Waals surface area contributed by atoms with E-state index in [0.29, 0.717) is 5.56 Å². The molecule has 4 rings (SSSR count). The van der Waals surface area contributed by atoms with E-state index in [4.69, 9.17) is 9.47 Å². The highest BCUT2D eigenvalue weighted by Crippen LogP contribution is 2.41. The van der Waals surface area contributed by atoms with Gasteiger partial charge in [-0.15, -0.1) is 0 Å². The monoisotopic (exact) mass is 330 g/mol. The molecule has 0 bridgehead atoms. The summed E-state index contributed by atoms with van der Waals surface area (Å²) in [5.74, 6) is 0.823. The Morgan fingerprint density at radius 2 is 1.48 bits per heavy atom. The maximum Gasteiger partial charge on any atom is 0.194 e. The standard InChI is InChI=1S/C22H18O3/c1-24-19-13-11-18(12-14-19)21-22(25-21)20(23)17-9-7-16(8-10-17)15-5-3-2-4-6-15/h2-14,21-22H,1H3/t21-,22-/m1/s1. The first-order chi connectivity index (χ1) is 12.3. The Labute approximate surface area is 146 Å². The van der Waals surface area contributed by atoms with Gasteiger partial charge >= 0.3 is 0 Å². The lowest BCUT2D eigenvalue weighted by Crippen LogP contribution is -2.08. The molecule has 3 aromatic rings. The fourth-order valence-corrected chi connectivity index (χ4v) is 2.98. The molecule has 3 heteroatoms. The Hall–Kier alpha value is -2.91. The third-order valence-corrected chi connectivity index (χ3v) is 4.47. The Balaban J connectivity index is 1.46. The van der Waals surface area contributed by atoms with Gasteiger partial charge in [-0.25, -0.2) is 0 Å². The number of epoxide rings is 1. The predicted octanol–water partition coefficient (Wildman–Crippen LogP) is 4.69. The number of hydrogen-bond donors (Lipinski definition) is 0. The Kier molecular flexibility index (Phi) is 4.08. The third-order valence-electron chi connectivity index (χ3n) is 4.47. The fraction of sp³-hybridized carbons (Fsp3) is 0.136. The molecule has 0 unspecified atom stereocenters. The van der Waals surface area contributed by atoms with E-state index in [1.54, 1.807) is 7.11 Å². The Bertz CT molecular complexity index is 867. The first kappa shape index (κ1) is 15.6. The largest absolute Gasteiger partial charge is 0.497 e. The second-order valence-corrected chi connectivity index (χ2v) is 6.06. The van der Waals surface area contributed by atoms with Gasteiger partial charge in [0, 0.05) is 5.56 Å². The highest BCUT2D eigenvalue weighted by Gasteiger charge is 2.46. The van der Waals surface area contributed by atoms with Crippen molar-refractivity contribution < 1.29 is 14.3 Å². The number of ketones is 1. The van der Waals surface area contributed by atoms with E-state index in [-0.39, 0.29) is 11.9 Å². The highest BCUT2D eigenvalue weighted by molar-refractivity contribution is 6.01. The second-order valence-electron chi connectivity index (χ2n) is 6.06. The molecular formula is C22H18O3. The van der Waals surface area contributed by atoms with Crippen LogP contribution in [0, 0.1) is 0 Å². The van der Waals surface area contributed by atoms with Crippen LogP contribution in [0.5, 0.6) is 5.75 Å². The van der Waals surface area contributed by atoms with E-state index < -0.39 is 6.10 Å². The van der Waals surface area contributed by atoms with E-state index in [2.05, 4.69) is 12.1 Å². The van der Waals surface area contributed by atoms with Crippen molar-refractivity contribution in [3.05, 3.63) is 90.0 Å². The van der Waals surface area contributed by atoms with Gasteiger partial charge in [0.15, 0.2) is 11.9 Å². The van der Waals surface area contributed by atoms with E-state index in [1.165, 1.54) is 0 Å². The van der Waals surface area contributed by atoms with Crippen LogP contribution in [0.3, 0.4) is 0 Å². The lowest BCUT2D eigenvalue weighted by Gasteiger charge is -2.03. The van der Waals surface area contributed by atoms with E-state index in [1.807, 2.05) is 66.7 Å². The summed E-state index contributed by atoms with van der Waals surface area (Å²) in [6.07, 6.45) is -0.553. The van der Waals surface area contributed by atoms with E-state index in [0.717, 1.165) is 22.4 Å². The van der Waals surface area contributed by atoms with Crippen molar-refractivity contribution in [3.63, 3.8) is 0 Å². The molecule has 0 N–H and O–H groups in total. The Morgan fingerprint density at radius 3 is 2.12 bits per heavy atom. The summed E-state index contributed by atoms with van der Waals surface area (Å²) in [6, 6.07) is 25.5. The van der Waals surface area contributed by atoms with Crippen molar-refractivity contribution in [1.82, 2.24) is 0 Å². The minimum Gasteiger partial charge on any atom is -0.497 e. The number of benzene rings is 3. The highest BCUT2D eigenvalue weighted by atomic mass is 16.6. The summed E-state index contributed by atoms with van der Waals surface area (Å²) in [4.78, 5) is 12.6. The van der Waals surface area contributed by atoms with Gasteiger partial charge in [-0.3, -0.25) is 4.79 Å². The molecule has 3 aromatic carbocycles. The van der Waals surface area contributed by atoms with Crippen molar-refractivity contribution in [1.29, 1.82) is 0 Å². The predicted molar refractivity (Wildman–Crippen MR) is 96.8 cm³/mol. The SMILES string of the molecule is COc1ccc([C@H]2O[C@@H]2C(=O)c2ccc(-c3ccccc3)cc2)cc1. The van der Waals surface area contributed by atoms with Crippen LogP contribution in [0.25, 0.3) is 11.1 Å². The number of rotatable bonds is 5. The number of Topliss-reactive ketones (excluding diaryl/α,β-unsaturated/α-hetero) is 1. The molecule has 0 aromatic heterocycles. The van der Waals surface area contributed by atoms with Gasteiger partial charge in [0.05, 0.1) is 7.11 Å². The molecule has 1 aliphatic heterocycles. The van der Waals surface area contributed by atoms with Gasteiger partial charge < -0.3 is 9.47 Å². The van der Waals surface area contributed by atoms with Crippen LogP contribution >= 0.6 is 0 Å². The second kappa shape index (κ2) is 6.54. The molecule has 1 saturated heterocycles. The fourth-order valence-electron chi connectivity index (χ4n) is 2.98. The zero-order valence-corrected chi connectivity index (χ0v) is 13.9. The van der Waals surface area contributed by atoms with Gasteiger partial charge in [0.2, 0.25) is 0 Å². The average Bonchev–Trinajstić information content (AvgIpc) is 3.49. The molecular weight excluding hydrogens is 312 g/mol. The van der Waals surface area contributed by atoms with Crippen LogP contribution in [0.2, 0.25) is 0 Å². The molecule has 2 atom stereocenters. The smallest absolute Gasteiger partial charge is 0.194 e. The van der Waals surface area contributed by atoms with Gasteiger partial charge in [0.1, 0.15) is 11.9 Å². The molecule has 1 fully saturated rings. The quantitative estimate of drug-likeness (QED) is 0.503. The molecule has 0 spiro atoms. The molecule has 3 nitrogen and oxygen atoms in total. The van der Waals surface area contributed by atoms with Crippen LogP contribution in [0.15, 0.2) is 78.9 Å². The maximum absolute atomic E-state index is 12.6. The van der Waals surface area contributed by atoms with Gasteiger partial charge in [0.25, 0.3) is 0 Å².